The number of allylic oxidation sites excluding steroid dienone is 5. The van der Waals surface area contributed by atoms with Gasteiger partial charge in [-0.15, -0.1) is 19.4 Å². The molecule has 0 saturated heterocycles. The van der Waals surface area contributed by atoms with Gasteiger partial charge in [-0.25, -0.2) is 9.97 Å². The van der Waals surface area contributed by atoms with Gasteiger partial charge in [0.1, 0.15) is 5.75 Å². The van der Waals surface area contributed by atoms with Crippen LogP contribution in [0.2, 0.25) is 0 Å². The molecule has 1 aromatic heterocycles. The van der Waals surface area contributed by atoms with Gasteiger partial charge in [-0.3, -0.25) is 4.79 Å². The Hall–Kier alpha value is -4.15. The lowest BCUT2D eigenvalue weighted by Gasteiger charge is -2.18. The zero-order chi connectivity index (χ0) is 29.0. The molecule has 7 heteroatoms. The quantitative estimate of drug-likeness (QED) is 0.242. The number of carbonyl (C=O) groups excluding carboxylic acids is 1. The van der Waals surface area contributed by atoms with Gasteiger partial charge in [0.05, 0.1) is 12.8 Å². The fraction of sp³-hybridized carbons (Fsp3) is 0.344. The van der Waals surface area contributed by atoms with Crippen LogP contribution in [-0.2, 0) is 11.3 Å². The Bertz CT molecular complexity index is 1160. The Morgan fingerprint density at radius 3 is 2.72 bits per heavy atom. The lowest BCUT2D eigenvalue weighted by Crippen LogP contribution is -2.21. The monoisotopic (exact) mass is 529 g/mol. The third-order valence-electron chi connectivity index (χ3n) is 5.52. The summed E-state index contributed by atoms with van der Waals surface area (Å²) in [6, 6.07) is 8.06. The van der Waals surface area contributed by atoms with E-state index in [4.69, 9.17) is 9.72 Å². The summed E-state index contributed by atoms with van der Waals surface area (Å²) in [5.41, 5.74) is 4.68. The second-order valence-corrected chi connectivity index (χ2v) is 8.45. The van der Waals surface area contributed by atoms with Crippen LogP contribution in [0.25, 0.3) is 11.3 Å². The van der Waals surface area contributed by atoms with E-state index in [2.05, 4.69) is 60.0 Å². The highest BCUT2D eigenvalue weighted by Crippen LogP contribution is 2.27. The minimum atomic E-state index is -0.0204. The largest absolute Gasteiger partial charge is 0.496 e. The molecule has 0 fully saturated rings. The minimum Gasteiger partial charge on any atom is -0.496 e. The zero-order valence-corrected chi connectivity index (χ0v) is 24.0. The van der Waals surface area contributed by atoms with E-state index in [1.807, 2.05) is 56.4 Å². The van der Waals surface area contributed by atoms with Crippen molar-refractivity contribution in [1.82, 2.24) is 20.2 Å². The summed E-state index contributed by atoms with van der Waals surface area (Å²) < 4.78 is 5.58. The summed E-state index contributed by atoms with van der Waals surface area (Å²) >= 11 is 0. The van der Waals surface area contributed by atoms with Gasteiger partial charge in [-0.1, -0.05) is 39.0 Å². The molecule has 1 amide bonds. The van der Waals surface area contributed by atoms with E-state index in [0.29, 0.717) is 25.2 Å². The third kappa shape index (κ3) is 11.4. The van der Waals surface area contributed by atoms with E-state index < -0.39 is 0 Å². The van der Waals surface area contributed by atoms with E-state index in [1.165, 1.54) is 0 Å². The maximum atomic E-state index is 12.0. The smallest absolute Gasteiger partial charge is 0.227 e. The van der Waals surface area contributed by atoms with Crippen LogP contribution in [0.5, 0.6) is 5.75 Å². The average molecular weight is 530 g/mol. The van der Waals surface area contributed by atoms with Crippen molar-refractivity contribution in [3.63, 3.8) is 0 Å². The van der Waals surface area contributed by atoms with Crippen molar-refractivity contribution in [2.24, 2.45) is 0 Å². The Morgan fingerprint density at radius 1 is 1.26 bits per heavy atom. The molecule has 39 heavy (non-hydrogen) atoms. The van der Waals surface area contributed by atoms with Crippen LogP contribution < -0.4 is 15.4 Å². The van der Waals surface area contributed by atoms with E-state index in [0.717, 1.165) is 53.5 Å². The molecule has 0 atom stereocenters. The number of nitrogens with one attached hydrogen (secondary N) is 2. The van der Waals surface area contributed by atoms with Gasteiger partial charge < -0.3 is 20.3 Å². The van der Waals surface area contributed by atoms with Crippen LogP contribution in [0, 0.1) is 12.8 Å². The average Bonchev–Trinajstić information content (AvgIpc) is 3.19. The number of benzene rings is 1. The van der Waals surface area contributed by atoms with Gasteiger partial charge in [0.2, 0.25) is 11.9 Å². The van der Waals surface area contributed by atoms with Gasteiger partial charge in [0.25, 0.3) is 0 Å². The molecule has 0 radical (unpaired) electrons. The Labute approximate surface area is 234 Å². The Balaban J connectivity index is 0.00000181. The Morgan fingerprint density at radius 2 is 2.03 bits per heavy atom. The van der Waals surface area contributed by atoms with Gasteiger partial charge in [0, 0.05) is 48.1 Å². The predicted molar refractivity (Wildman–Crippen MR) is 163 cm³/mol. The molecular formula is C32H43N5O2. The number of aromatic nitrogens is 2. The molecule has 0 aliphatic heterocycles. The first-order valence-corrected chi connectivity index (χ1v) is 13.3. The lowest BCUT2D eigenvalue weighted by molar-refractivity contribution is -0.120. The number of amides is 1. The number of hydrogen-bond donors (Lipinski definition) is 2. The van der Waals surface area contributed by atoms with Crippen LogP contribution in [0.1, 0.15) is 52.0 Å². The first kappa shape index (κ1) is 32.9. The Kier molecular flexibility index (Phi) is 16.0. The first-order chi connectivity index (χ1) is 19.0. The number of nitrogens with zero attached hydrogens (tertiary/aromatic N) is 3. The molecule has 1 heterocycles. The summed E-state index contributed by atoms with van der Waals surface area (Å²) in [6.45, 7) is 11.7. The van der Waals surface area contributed by atoms with Crippen LogP contribution in [0.3, 0.4) is 0 Å². The topological polar surface area (TPSA) is 79.4 Å². The van der Waals surface area contributed by atoms with Crippen molar-refractivity contribution in [1.29, 1.82) is 0 Å². The summed E-state index contributed by atoms with van der Waals surface area (Å²) in [5.74, 6) is 1.38. The van der Waals surface area contributed by atoms with E-state index in [-0.39, 0.29) is 5.91 Å². The molecule has 2 N–H and O–H groups in total. The summed E-state index contributed by atoms with van der Waals surface area (Å²) in [5, 5.41) is 6.24. The molecule has 2 aromatic rings. The third-order valence-corrected chi connectivity index (χ3v) is 5.52. The van der Waals surface area contributed by atoms with Crippen LogP contribution in [-0.4, -0.2) is 41.5 Å². The number of methoxy groups -OCH3 is 1. The molecule has 0 saturated carbocycles. The van der Waals surface area contributed by atoms with Gasteiger partial charge in [-0.05, 0) is 62.9 Å². The minimum absolute atomic E-state index is 0.0204. The highest BCUT2D eigenvalue weighted by molar-refractivity contribution is 5.78. The summed E-state index contributed by atoms with van der Waals surface area (Å²) in [6.07, 6.45) is 22.0. The molecular weight excluding hydrogens is 486 g/mol. The van der Waals surface area contributed by atoms with Gasteiger partial charge >= 0.3 is 0 Å². The van der Waals surface area contributed by atoms with Crippen molar-refractivity contribution in [2.75, 3.05) is 26.0 Å². The number of carbonyl (C=O) groups is 1. The van der Waals surface area contributed by atoms with Crippen molar-refractivity contribution in [2.45, 2.75) is 53.0 Å². The van der Waals surface area contributed by atoms with Crippen molar-refractivity contribution in [3.05, 3.63) is 84.4 Å². The number of hydrogen-bond acceptors (Lipinski definition) is 6. The van der Waals surface area contributed by atoms with Crippen molar-refractivity contribution < 1.29 is 9.53 Å². The second kappa shape index (κ2) is 19.0. The number of rotatable bonds is 12. The predicted octanol–water partition coefficient (Wildman–Crippen LogP) is 6.49. The van der Waals surface area contributed by atoms with E-state index in [1.54, 1.807) is 19.4 Å². The number of ether oxygens (including phenoxy) is 1. The zero-order valence-electron chi connectivity index (χ0n) is 24.0. The fourth-order valence-corrected chi connectivity index (χ4v) is 3.80. The normalized spacial score (nSPS) is 11.9. The first-order valence-electron chi connectivity index (χ1n) is 13.3. The molecule has 208 valence electrons. The molecule has 1 aromatic carbocycles. The molecule has 1 aliphatic rings. The molecule has 0 spiro atoms. The van der Waals surface area contributed by atoms with Crippen molar-refractivity contribution >= 4 is 11.9 Å². The number of terminal acetylenes is 1. The maximum Gasteiger partial charge on any atom is 0.227 e. The second-order valence-electron chi connectivity index (χ2n) is 8.45. The van der Waals surface area contributed by atoms with Crippen LogP contribution in [0.15, 0.2) is 78.8 Å². The molecule has 7 nitrogen and oxygen atoms in total. The summed E-state index contributed by atoms with van der Waals surface area (Å²) in [4.78, 5) is 23.4. The highest BCUT2D eigenvalue weighted by Gasteiger charge is 2.11. The number of anilines is 1. The molecule has 0 bridgehead atoms. The van der Waals surface area contributed by atoms with Gasteiger partial charge in [0.15, 0.2) is 0 Å². The lowest BCUT2D eigenvalue weighted by atomic mass is 10.1. The van der Waals surface area contributed by atoms with E-state index in [9.17, 15) is 4.79 Å². The highest BCUT2D eigenvalue weighted by atomic mass is 16.5. The summed E-state index contributed by atoms with van der Waals surface area (Å²) in [7, 11) is 3.82. The standard InChI is InChI=1S/C28H35N5O2.C2H6.C2H2/c1-5-7-11-27(34)30-23-9-8-10-24(14-13-23)31-28-29-17-16-25(32-28)21-12-15-26(35-4)22(19-21)20-33(3)18-6-2;2*1-2/h5,8-10,12-13,15-17,19H,1,6-7,11,14,18,20H2,2-4H3,(H,30,34)(H,29,31,32);1-2H3;1-2H. The van der Waals surface area contributed by atoms with E-state index >= 15 is 0 Å². The van der Waals surface area contributed by atoms with Crippen LogP contribution >= 0.6 is 0 Å². The SMILES string of the molecule is C#C.C=CCCC(=O)NC1=CCC(Nc2nccc(-c3ccc(OC)c(CN(C)CCC)c3)n2)=CC=C1.CC. The molecule has 1 aliphatic carbocycles. The molecule has 0 unspecified atom stereocenters. The van der Waals surface area contributed by atoms with Gasteiger partial charge in [-0.2, -0.15) is 0 Å². The van der Waals surface area contributed by atoms with Crippen molar-refractivity contribution in [3.8, 4) is 29.9 Å². The fourth-order valence-electron chi connectivity index (χ4n) is 3.80. The maximum absolute atomic E-state index is 12.0. The molecule has 3 rings (SSSR count). The van der Waals surface area contributed by atoms with Crippen LogP contribution in [0.4, 0.5) is 5.95 Å².